The van der Waals surface area contributed by atoms with Crippen molar-refractivity contribution in [3.8, 4) is 0 Å². The molecule has 0 aromatic rings. The molecule has 1 heterocycles. The highest BCUT2D eigenvalue weighted by Gasteiger charge is 2.25. The molecule has 0 unspecified atom stereocenters. The molecule has 4 nitrogen and oxygen atoms in total. The van der Waals surface area contributed by atoms with E-state index in [2.05, 4.69) is 0 Å². The van der Waals surface area contributed by atoms with E-state index in [9.17, 15) is 9.59 Å². The van der Waals surface area contributed by atoms with Crippen molar-refractivity contribution in [3.63, 3.8) is 0 Å². The minimum absolute atomic E-state index is 0.169. The average Bonchev–Trinajstić information content (AvgIpc) is 2.30. The van der Waals surface area contributed by atoms with Crippen molar-refractivity contribution in [2.24, 2.45) is 0 Å². The third-order valence-electron chi connectivity index (χ3n) is 1.64. The Kier molecular flexibility index (Phi) is 1.89. The molecule has 1 aliphatic rings. The SMILES string of the molecule is CCN1CCN(C=O)C1=O. The molecule has 1 rings (SSSR count). The highest BCUT2D eigenvalue weighted by atomic mass is 16.2. The van der Waals surface area contributed by atoms with Crippen molar-refractivity contribution in [2.75, 3.05) is 19.6 Å². The monoisotopic (exact) mass is 142 g/mol. The van der Waals surface area contributed by atoms with Gasteiger partial charge in [-0.3, -0.25) is 9.69 Å². The largest absolute Gasteiger partial charge is 0.326 e. The first-order chi connectivity index (χ1) is 4.79. The number of amides is 3. The lowest BCUT2D eigenvalue weighted by Crippen LogP contribution is -2.30. The Hall–Kier alpha value is -1.06. The lowest BCUT2D eigenvalue weighted by molar-refractivity contribution is -0.115. The normalized spacial score (nSPS) is 18.3. The summed E-state index contributed by atoms with van der Waals surface area (Å²) < 4.78 is 0. The van der Waals surface area contributed by atoms with Gasteiger partial charge in [-0.25, -0.2) is 4.79 Å². The maximum Gasteiger partial charge on any atom is 0.326 e. The smallest absolute Gasteiger partial charge is 0.323 e. The van der Waals surface area contributed by atoms with E-state index in [0.717, 1.165) is 0 Å². The third-order valence-corrected chi connectivity index (χ3v) is 1.64. The van der Waals surface area contributed by atoms with Crippen LogP contribution in [0.15, 0.2) is 0 Å². The number of hydrogen-bond donors (Lipinski definition) is 0. The molecule has 0 atom stereocenters. The van der Waals surface area contributed by atoms with Crippen molar-refractivity contribution in [1.29, 1.82) is 0 Å². The Bertz CT molecular complexity index is 158. The standard InChI is InChI=1S/C6H10N2O2/c1-2-7-3-4-8(5-9)6(7)10/h5H,2-4H2,1H3. The number of carbonyl (C=O) groups is 2. The van der Waals surface area contributed by atoms with Crippen molar-refractivity contribution < 1.29 is 9.59 Å². The fraction of sp³-hybridized carbons (Fsp3) is 0.667. The summed E-state index contributed by atoms with van der Waals surface area (Å²) in [6.07, 6.45) is 0.581. The molecule has 0 aromatic heterocycles. The van der Waals surface area contributed by atoms with Gasteiger partial charge in [0.2, 0.25) is 6.41 Å². The summed E-state index contributed by atoms with van der Waals surface area (Å²) in [5.74, 6) is 0. The van der Waals surface area contributed by atoms with Crippen molar-refractivity contribution in [1.82, 2.24) is 9.80 Å². The van der Waals surface area contributed by atoms with Crippen LogP contribution in [0.25, 0.3) is 0 Å². The maximum absolute atomic E-state index is 11.0. The Morgan fingerprint density at radius 2 is 2.30 bits per heavy atom. The molecule has 1 fully saturated rings. The average molecular weight is 142 g/mol. The zero-order valence-corrected chi connectivity index (χ0v) is 5.91. The van der Waals surface area contributed by atoms with Crippen LogP contribution in [0.3, 0.4) is 0 Å². The van der Waals surface area contributed by atoms with E-state index < -0.39 is 0 Å². The minimum Gasteiger partial charge on any atom is -0.323 e. The Labute approximate surface area is 59.4 Å². The summed E-state index contributed by atoms with van der Waals surface area (Å²) in [6.45, 7) is 3.79. The van der Waals surface area contributed by atoms with Gasteiger partial charge in [0.15, 0.2) is 0 Å². The van der Waals surface area contributed by atoms with Gasteiger partial charge >= 0.3 is 6.03 Å². The summed E-state index contributed by atoms with van der Waals surface area (Å²) in [4.78, 5) is 24.0. The summed E-state index contributed by atoms with van der Waals surface area (Å²) in [5.41, 5.74) is 0. The highest BCUT2D eigenvalue weighted by molar-refractivity contribution is 5.86. The molecular weight excluding hydrogens is 132 g/mol. The minimum atomic E-state index is -0.169. The topological polar surface area (TPSA) is 40.6 Å². The summed E-state index contributed by atoms with van der Waals surface area (Å²) in [6, 6.07) is -0.169. The molecule has 0 aliphatic carbocycles. The Balaban J connectivity index is 2.57. The van der Waals surface area contributed by atoms with E-state index in [1.54, 1.807) is 4.90 Å². The van der Waals surface area contributed by atoms with Gasteiger partial charge in [0.05, 0.1) is 0 Å². The van der Waals surface area contributed by atoms with Gasteiger partial charge < -0.3 is 4.90 Å². The molecule has 4 heteroatoms. The van der Waals surface area contributed by atoms with Crippen LogP contribution in [0.2, 0.25) is 0 Å². The number of carbonyl (C=O) groups excluding carboxylic acids is 2. The molecule has 1 aliphatic heterocycles. The third kappa shape index (κ3) is 0.964. The molecule has 0 aromatic carbocycles. The van der Waals surface area contributed by atoms with E-state index in [1.807, 2.05) is 6.92 Å². The second-order valence-corrected chi connectivity index (χ2v) is 2.16. The van der Waals surface area contributed by atoms with Crippen LogP contribution in [-0.2, 0) is 4.79 Å². The zero-order valence-electron chi connectivity index (χ0n) is 5.91. The number of rotatable bonds is 2. The Morgan fingerprint density at radius 1 is 1.60 bits per heavy atom. The van der Waals surface area contributed by atoms with Gasteiger partial charge in [-0.05, 0) is 6.92 Å². The molecule has 0 spiro atoms. The van der Waals surface area contributed by atoms with Crippen molar-refractivity contribution in [2.45, 2.75) is 6.92 Å². The second kappa shape index (κ2) is 2.68. The predicted molar refractivity (Wildman–Crippen MR) is 35.4 cm³/mol. The first-order valence-electron chi connectivity index (χ1n) is 3.30. The molecular formula is C6H10N2O2. The molecule has 10 heavy (non-hydrogen) atoms. The second-order valence-electron chi connectivity index (χ2n) is 2.16. The van der Waals surface area contributed by atoms with Gasteiger partial charge in [-0.1, -0.05) is 0 Å². The van der Waals surface area contributed by atoms with Crippen molar-refractivity contribution >= 4 is 12.4 Å². The lowest BCUT2D eigenvalue weighted by atomic mass is 10.6. The number of imide groups is 1. The first-order valence-corrected chi connectivity index (χ1v) is 3.30. The van der Waals surface area contributed by atoms with Crippen LogP contribution in [-0.4, -0.2) is 41.9 Å². The molecule has 1 saturated heterocycles. The van der Waals surface area contributed by atoms with Crippen LogP contribution in [0, 0.1) is 0 Å². The van der Waals surface area contributed by atoms with Crippen molar-refractivity contribution in [3.05, 3.63) is 0 Å². The highest BCUT2D eigenvalue weighted by Crippen LogP contribution is 2.04. The maximum atomic E-state index is 11.0. The van der Waals surface area contributed by atoms with Gasteiger partial charge in [-0.15, -0.1) is 0 Å². The van der Waals surface area contributed by atoms with Gasteiger partial charge in [-0.2, -0.15) is 0 Å². The Morgan fingerprint density at radius 3 is 2.60 bits per heavy atom. The number of urea groups is 1. The van der Waals surface area contributed by atoms with E-state index in [1.165, 1.54) is 4.90 Å². The molecule has 56 valence electrons. The summed E-state index contributed by atoms with van der Waals surface area (Å²) in [7, 11) is 0. The summed E-state index contributed by atoms with van der Waals surface area (Å²) in [5, 5.41) is 0. The summed E-state index contributed by atoms with van der Waals surface area (Å²) >= 11 is 0. The first kappa shape index (κ1) is 7.05. The van der Waals surface area contributed by atoms with Crippen LogP contribution >= 0.6 is 0 Å². The molecule has 0 saturated carbocycles. The van der Waals surface area contributed by atoms with E-state index in [4.69, 9.17) is 0 Å². The lowest BCUT2D eigenvalue weighted by Gasteiger charge is -2.10. The molecule has 3 amide bonds. The van der Waals surface area contributed by atoms with Gasteiger partial charge in [0.25, 0.3) is 0 Å². The van der Waals surface area contributed by atoms with Crippen LogP contribution < -0.4 is 0 Å². The number of likely N-dealkylation sites (N-methyl/N-ethyl adjacent to an activating group) is 1. The predicted octanol–water partition coefficient (Wildman–Crippen LogP) is -0.0997. The number of nitrogens with zero attached hydrogens (tertiary/aromatic N) is 2. The number of hydrogen-bond acceptors (Lipinski definition) is 2. The molecule has 0 N–H and O–H groups in total. The zero-order chi connectivity index (χ0) is 7.56. The van der Waals surface area contributed by atoms with E-state index >= 15 is 0 Å². The van der Waals surface area contributed by atoms with E-state index in [-0.39, 0.29) is 6.03 Å². The fourth-order valence-electron chi connectivity index (χ4n) is 0.993. The quantitative estimate of drug-likeness (QED) is 0.505. The molecule has 0 bridgehead atoms. The van der Waals surface area contributed by atoms with Crippen LogP contribution in [0.5, 0.6) is 0 Å². The van der Waals surface area contributed by atoms with E-state index in [0.29, 0.717) is 26.0 Å². The fourth-order valence-corrected chi connectivity index (χ4v) is 0.993. The molecule has 0 radical (unpaired) electrons. The van der Waals surface area contributed by atoms with Crippen LogP contribution in [0.1, 0.15) is 6.92 Å². The van der Waals surface area contributed by atoms with Gasteiger partial charge in [0, 0.05) is 19.6 Å². The van der Waals surface area contributed by atoms with Crippen LogP contribution in [0.4, 0.5) is 4.79 Å². The van der Waals surface area contributed by atoms with Gasteiger partial charge in [0.1, 0.15) is 0 Å².